The van der Waals surface area contributed by atoms with Crippen LogP contribution in [0.1, 0.15) is 51.4 Å². The summed E-state index contributed by atoms with van der Waals surface area (Å²) >= 11 is 0. The second kappa shape index (κ2) is 5.02. The molecule has 0 bridgehead atoms. The summed E-state index contributed by atoms with van der Waals surface area (Å²) in [5.74, 6) is -1.60. The zero-order valence-corrected chi connectivity index (χ0v) is 11.4. The minimum atomic E-state index is -2.60. The maximum Gasteiger partial charge on any atom is 0.248 e. The number of carbonyl (C=O) groups excluding carboxylic acids is 1. The quantitative estimate of drug-likeness (QED) is 0.753. The first kappa shape index (κ1) is 13.3. The molecule has 2 nitrogen and oxygen atoms in total. The molecule has 1 unspecified atom stereocenters. The van der Waals surface area contributed by atoms with E-state index >= 15 is 0 Å². The first-order chi connectivity index (χ1) is 9.05. The van der Waals surface area contributed by atoms with Crippen molar-refractivity contribution in [3.63, 3.8) is 0 Å². The van der Waals surface area contributed by atoms with E-state index in [2.05, 4.69) is 0 Å². The number of hydrogen-bond donors (Lipinski definition) is 0. The van der Waals surface area contributed by atoms with Crippen LogP contribution in [0.2, 0.25) is 0 Å². The van der Waals surface area contributed by atoms with Crippen LogP contribution >= 0.6 is 0 Å². The maximum atomic E-state index is 13.1. The molecule has 19 heavy (non-hydrogen) atoms. The number of carbonyl (C=O) groups is 1. The number of rotatable bonds is 2. The van der Waals surface area contributed by atoms with Gasteiger partial charge in [-0.2, -0.15) is 0 Å². The van der Waals surface area contributed by atoms with Crippen LogP contribution in [0.3, 0.4) is 0 Å². The molecule has 1 amide bonds. The van der Waals surface area contributed by atoms with E-state index in [9.17, 15) is 13.6 Å². The van der Waals surface area contributed by atoms with Crippen LogP contribution in [0.25, 0.3) is 0 Å². The molecule has 1 saturated heterocycles. The van der Waals surface area contributed by atoms with E-state index in [0.717, 1.165) is 19.0 Å². The molecule has 1 atom stereocenters. The summed E-state index contributed by atoms with van der Waals surface area (Å²) in [6.07, 6.45) is 6.63. The molecular formula is C15H23F2NO. The highest BCUT2D eigenvalue weighted by atomic mass is 19.3. The van der Waals surface area contributed by atoms with E-state index < -0.39 is 11.8 Å². The standard InChI is InChI=1S/C15H23F2NO/c16-15(17)7-6-12(8-15)14(19)18-9-13(10-18)11-4-2-1-3-5-11/h11-13H,1-10H2. The lowest BCUT2D eigenvalue weighted by atomic mass is 9.76. The monoisotopic (exact) mass is 271 g/mol. The van der Waals surface area contributed by atoms with E-state index in [0.29, 0.717) is 12.3 Å². The van der Waals surface area contributed by atoms with Crippen molar-refractivity contribution in [1.82, 2.24) is 4.90 Å². The Morgan fingerprint density at radius 3 is 2.26 bits per heavy atom. The summed E-state index contributed by atoms with van der Waals surface area (Å²) in [6.45, 7) is 1.65. The highest BCUT2D eigenvalue weighted by Crippen LogP contribution is 2.41. The Morgan fingerprint density at radius 1 is 1.00 bits per heavy atom. The van der Waals surface area contributed by atoms with Crippen molar-refractivity contribution in [1.29, 1.82) is 0 Å². The van der Waals surface area contributed by atoms with Crippen LogP contribution < -0.4 is 0 Å². The third kappa shape index (κ3) is 2.77. The number of nitrogens with zero attached hydrogens (tertiary/aromatic N) is 1. The van der Waals surface area contributed by atoms with Crippen LogP contribution in [0.5, 0.6) is 0 Å². The van der Waals surface area contributed by atoms with Crippen LogP contribution in [0, 0.1) is 17.8 Å². The van der Waals surface area contributed by atoms with Crippen molar-refractivity contribution in [2.45, 2.75) is 57.3 Å². The summed E-state index contributed by atoms with van der Waals surface area (Å²) in [7, 11) is 0. The van der Waals surface area contributed by atoms with E-state index in [1.54, 1.807) is 0 Å². The van der Waals surface area contributed by atoms with E-state index in [1.165, 1.54) is 32.1 Å². The van der Waals surface area contributed by atoms with Gasteiger partial charge in [0.15, 0.2) is 0 Å². The van der Waals surface area contributed by atoms with Crippen molar-refractivity contribution >= 4 is 5.91 Å². The summed E-state index contributed by atoms with van der Waals surface area (Å²) in [4.78, 5) is 14.0. The Balaban J connectivity index is 1.46. The van der Waals surface area contributed by atoms with Gasteiger partial charge in [0.05, 0.1) is 0 Å². The van der Waals surface area contributed by atoms with Gasteiger partial charge in [0.25, 0.3) is 0 Å². The molecule has 2 aliphatic carbocycles. The lowest BCUT2D eigenvalue weighted by molar-refractivity contribution is -0.144. The Bertz CT molecular complexity index is 346. The normalized spacial score (nSPS) is 32.3. The van der Waals surface area contributed by atoms with Gasteiger partial charge in [-0.05, 0) is 18.3 Å². The molecule has 3 rings (SSSR count). The van der Waals surface area contributed by atoms with Gasteiger partial charge in [-0.3, -0.25) is 4.79 Å². The fourth-order valence-corrected chi connectivity index (χ4v) is 4.02. The smallest absolute Gasteiger partial charge is 0.248 e. The zero-order valence-electron chi connectivity index (χ0n) is 11.4. The van der Waals surface area contributed by atoms with Gasteiger partial charge in [0.2, 0.25) is 11.8 Å². The molecule has 0 radical (unpaired) electrons. The Morgan fingerprint density at radius 2 is 1.68 bits per heavy atom. The molecule has 1 aliphatic heterocycles. The zero-order chi connectivity index (χ0) is 13.5. The minimum absolute atomic E-state index is 0.00997. The number of likely N-dealkylation sites (tertiary alicyclic amines) is 1. The van der Waals surface area contributed by atoms with Crippen LogP contribution in [-0.2, 0) is 4.79 Å². The van der Waals surface area contributed by atoms with Gasteiger partial charge in [-0.1, -0.05) is 32.1 Å². The molecule has 0 aromatic rings. The van der Waals surface area contributed by atoms with Gasteiger partial charge in [-0.15, -0.1) is 0 Å². The second-order valence-electron chi connectivity index (χ2n) is 6.70. The predicted molar refractivity (Wildman–Crippen MR) is 68.9 cm³/mol. The van der Waals surface area contributed by atoms with Gasteiger partial charge in [-0.25, -0.2) is 8.78 Å². The molecule has 108 valence electrons. The highest BCUT2D eigenvalue weighted by molar-refractivity contribution is 5.80. The molecule has 3 aliphatic rings. The average Bonchev–Trinajstić information content (AvgIpc) is 2.69. The fourth-order valence-electron chi connectivity index (χ4n) is 4.02. The lowest BCUT2D eigenvalue weighted by Gasteiger charge is -2.45. The molecule has 4 heteroatoms. The van der Waals surface area contributed by atoms with Crippen molar-refractivity contribution in [3.05, 3.63) is 0 Å². The maximum absolute atomic E-state index is 13.1. The molecule has 3 fully saturated rings. The van der Waals surface area contributed by atoms with Gasteiger partial charge in [0.1, 0.15) is 0 Å². The van der Waals surface area contributed by atoms with Gasteiger partial charge < -0.3 is 4.90 Å². The second-order valence-corrected chi connectivity index (χ2v) is 6.70. The number of amides is 1. The van der Waals surface area contributed by atoms with Crippen LogP contribution in [0.15, 0.2) is 0 Å². The van der Waals surface area contributed by atoms with Crippen molar-refractivity contribution < 1.29 is 13.6 Å². The number of alkyl halides is 2. The molecule has 0 spiro atoms. The third-order valence-electron chi connectivity index (χ3n) is 5.29. The highest BCUT2D eigenvalue weighted by Gasteiger charge is 2.46. The Kier molecular flexibility index (Phi) is 3.52. The lowest BCUT2D eigenvalue weighted by Crippen LogP contribution is -2.54. The summed E-state index contributed by atoms with van der Waals surface area (Å²) in [5.41, 5.74) is 0. The van der Waals surface area contributed by atoms with Crippen molar-refractivity contribution in [3.8, 4) is 0 Å². The third-order valence-corrected chi connectivity index (χ3v) is 5.29. The fraction of sp³-hybridized carbons (Fsp3) is 0.933. The molecule has 1 heterocycles. The SMILES string of the molecule is O=C(C1CCC(F)(F)C1)N1CC(C2CCCCC2)C1. The topological polar surface area (TPSA) is 20.3 Å². The van der Waals surface area contributed by atoms with E-state index in [1.807, 2.05) is 4.90 Å². The van der Waals surface area contributed by atoms with Crippen molar-refractivity contribution in [2.24, 2.45) is 17.8 Å². The molecule has 2 saturated carbocycles. The Labute approximate surface area is 113 Å². The van der Waals surface area contributed by atoms with Crippen LogP contribution in [-0.4, -0.2) is 29.8 Å². The summed E-state index contributed by atoms with van der Waals surface area (Å²) < 4.78 is 26.3. The molecule has 0 aromatic heterocycles. The molecular weight excluding hydrogens is 248 g/mol. The van der Waals surface area contributed by atoms with E-state index in [4.69, 9.17) is 0 Å². The van der Waals surface area contributed by atoms with Crippen LogP contribution in [0.4, 0.5) is 8.78 Å². The van der Waals surface area contributed by atoms with Crippen molar-refractivity contribution in [2.75, 3.05) is 13.1 Å². The van der Waals surface area contributed by atoms with Gasteiger partial charge in [0, 0.05) is 31.8 Å². The molecule has 0 N–H and O–H groups in total. The summed E-state index contributed by atoms with van der Waals surface area (Å²) in [6, 6.07) is 0. The minimum Gasteiger partial charge on any atom is -0.342 e. The van der Waals surface area contributed by atoms with E-state index in [-0.39, 0.29) is 18.7 Å². The largest absolute Gasteiger partial charge is 0.342 e. The average molecular weight is 271 g/mol. The first-order valence-electron chi connectivity index (χ1n) is 7.72. The molecule has 0 aromatic carbocycles. The predicted octanol–water partition coefficient (Wildman–Crippen LogP) is 3.46. The summed E-state index contributed by atoms with van der Waals surface area (Å²) in [5, 5.41) is 0. The number of hydrogen-bond acceptors (Lipinski definition) is 1. The van der Waals surface area contributed by atoms with Gasteiger partial charge >= 0.3 is 0 Å². The first-order valence-corrected chi connectivity index (χ1v) is 7.72. The Hall–Kier alpha value is -0.670. The number of halogens is 2.